The molecule has 124 valence electrons. The Morgan fingerprint density at radius 3 is 2.65 bits per heavy atom. The van der Waals surface area contributed by atoms with Crippen molar-refractivity contribution in [1.29, 1.82) is 0 Å². The van der Waals surface area contributed by atoms with Gasteiger partial charge in [-0.05, 0) is 19.1 Å². The summed E-state index contributed by atoms with van der Waals surface area (Å²) in [6.45, 7) is 8.18. The summed E-state index contributed by atoms with van der Waals surface area (Å²) in [6.07, 6.45) is 0. The van der Waals surface area contributed by atoms with Gasteiger partial charge in [0, 0.05) is 38.3 Å². The van der Waals surface area contributed by atoms with E-state index in [2.05, 4.69) is 6.58 Å². The second kappa shape index (κ2) is 7.23. The molecular formula is C16H21N3O4. The lowest BCUT2D eigenvalue weighted by molar-refractivity contribution is -0.384. The number of rotatable bonds is 5. The zero-order valence-electron chi connectivity index (χ0n) is 13.4. The predicted molar refractivity (Wildman–Crippen MR) is 87.9 cm³/mol. The monoisotopic (exact) mass is 319 g/mol. The molecule has 0 spiro atoms. The molecule has 0 aliphatic carbocycles. The molecule has 0 bridgehead atoms. The van der Waals surface area contributed by atoms with Crippen LogP contribution in [-0.2, 0) is 4.74 Å². The first-order valence-electron chi connectivity index (χ1n) is 7.41. The van der Waals surface area contributed by atoms with E-state index in [1.807, 2.05) is 6.92 Å². The number of likely N-dealkylation sites (N-methyl/N-ethyl adjacent to an activating group) is 1. The van der Waals surface area contributed by atoms with Crippen molar-refractivity contribution in [1.82, 2.24) is 4.90 Å². The highest BCUT2D eigenvalue weighted by Gasteiger charge is 2.23. The maximum absolute atomic E-state index is 12.5. The Bertz CT molecular complexity index is 624. The largest absolute Gasteiger partial charge is 0.378 e. The van der Waals surface area contributed by atoms with Gasteiger partial charge in [0.1, 0.15) is 5.69 Å². The Balaban J connectivity index is 2.29. The summed E-state index contributed by atoms with van der Waals surface area (Å²) in [5.74, 6) is -0.203. The molecule has 0 N–H and O–H groups in total. The van der Waals surface area contributed by atoms with Crippen LogP contribution in [-0.4, -0.2) is 55.6 Å². The third-order valence-corrected chi connectivity index (χ3v) is 3.64. The Morgan fingerprint density at radius 1 is 1.43 bits per heavy atom. The number of ether oxygens (including phenoxy) is 1. The lowest BCUT2D eigenvalue weighted by Crippen LogP contribution is -2.40. The standard InChI is InChI=1S/C16H21N3O4/c1-12(2)11-17(3)14-5-4-13(10-15(14)19(21)22)16(20)18-6-8-23-9-7-18/h4-5,10H,1,6-9,11H2,2-3H3. The Morgan fingerprint density at radius 2 is 2.09 bits per heavy atom. The van der Waals surface area contributed by atoms with Crippen LogP contribution < -0.4 is 4.90 Å². The second-order valence-corrected chi connectivity index (χ2v) is 5.68. The summed E-state index contributed by atoms with van der Waals surface area (Å²) in [5.41, 5.74) is 1.62. The molecule has 1 aliphatic heterocycles. The summed E-state index contributed by atoms with van der Waals surface area (Å²) >= 11 is 0. The van der Waals surface area contributed by atoms with E-state index in [4.69, 9.17) is 4.74 Å². The average Bonchev–Trinajstić information content (AvgIpc) is 2.53. The summed E-state index contributed by atoms with van der Waals surface area (Å²) in [5, 5.41) is 11.4. The smallest absolute Gasteiger partial charge is 0.293 e. The van der Waals surface area contributed by atoms with Crippen LogP contribution in [0, 0.1) is 10.1 Å². The van der Waals surface area contributed by atoms with E-state index in [0.717, 1.165) is 5.57 Å². The molecule has 0 radical (unpaired) electrons. The Labute approximate surface area is 135 Å². The van der Waals surface area contributed by atoms with Gasteiger partial charge >= 0.3 is 0 Å². The van der Waals surface area contributed by atoms with E-state index in [1.54, 1.807) is 29.0 Å². The molecule has 7 heteroatoms. The first kappa shape index (κ1) is 17.0. The van der Waals surface area contributed by atoms with E-state index < -0.39 is 4.92 Å². The van der Waals surface area contributed by atoms with Crippen molar-refractivity contribution in [2.75, 3.05) is 44.8 Å². The van der Waals surface area contributed by atoms with Gasteiger partial charge in [0.25, 0.3) is 11.6 Å². The van der Waals surface area contributed by atoms with Crippen LogP contribution in [0.5, 0.6) is 0 Å². The van der Waals surface area contributed by atoms with Gasteiger partial charge in [-0.3, -0.25) is 14.9 Å². The highest BCUT2D eigenvalue weighted by molar-refractivity contribution is 5.95. The molecule has 1 amide bonds. The van der Waals surface area contributed by atoms with Crippen molar-refractivity contribution in [3.63, 3.8) is 0 Å². The van der Waals surface area contributed by atoms with Gasteiger partial charge in [-0.15, -0.1) is 0 Å². The molecule has 0 atom stereocenters. The molecule has 1 aromatic carbocycles. The SMILES string of the molecule is C=C(C)CN(C)c1ccc(C(=O)N2CCOCC2)cc1[N+](=O)[O-]. The van der Waals surface area contributed by atoms with Crippen molar-refractivity contribution >= 4 is 17.3 Å². The number of carbonyl (C=O) groups excluding carboxylic acids is 1. The number of amides is 1. The number of morpholine rings is 1. The number of carbonyl (C=O) groups is 1. The molecule has 0 aromatic heterocycles. The predicted octanol–water partition coefficient (Wildman–Crippen LogP) is 2.08. The van der Waals surface area contributed by atoms with E-state index in [0.29, 0.717) is 44.1 Å². The van der Waals surface area contributed by atoms with E-state index in [9.17, 15) is 14.9 Å². The van der Waals surface area contributed by atoms with Gasteiger partial charge in [-0.25, -0.2) is 0 Å². The van der Waals surface area contributed by atoms with E-state index in [1.165, 1.54) is 6.07 Å². The molecule has 1 aromatic rings. The molecule has 2 rings (SSSR count). The van der Waals surface area contributed by atoms with Crippen molar-refractivity contribution in [3.05, 3.63) is 46.0 Å². The van der Waals surface area contributed by atoms with Crippen molar-refractivity contribution < 1.29 is 14.5 Å². The Kier molecular flexibility index (Phi) is 5.33. The zero-order chi connectivity index (χ0) is 17.0. The normalized spacial score (nSPS) is 14.4. The van der Waals surface area contributed by atoms with Crippen LogP contribution in [0.15, 0.2) is 30.4 Å². The van der Waals surface area contributed by atoms with E-state index >= 15 is 0 Å². The zero-order valence-corrected chi connectivity index (χ0v) is 13.4. The van der Waals surface area contributed by atoms with Crippen LogP contribution >= 0.6 is 0 Å². The number of hydrogen-bond acceptors (Lipinski definition) is 5. The number of hydrogen-bond donors (Lipinski definition) is 0. The molecule has 1 aliphatic rings. The first-order chi connectivity index (χ1) is 10.9. The number of benzene rings is 1. The fraction of sp³-hybridized carbons (Fsp3) is 0.438. The topological polar surface area (TPSA) is 75.9 Å². The highest BCUT2D eigenvalue weighted by atomic mass is 16.6. The van der Waals surface area contributed by atoms with Gasteiger partial charge in [0.2, 0.25) is 0 Å². The highest BCUT2D eigenvalue weighted by Crippen LogP contribution is 2.29. The summed E-state index contributed by atoms with van der Waals surface area (Å²) in [7, 11) is 1.76. The van der Waals surface area contributed by atoms with Crippen molar-refractivity contribution in [3.8, 4) is 0 Å². The van der Waals surface area contributed by atoms with Crippen LogP contribution in [0.25, 0.3) is 0 Å². The number of anilines is 1. The third-order valence-electron chi connectivity index (χ3n) is 3.64. The maximum atomic E-state index is 12.5. The van der Waals surface area contributed by atoms with Crippen LogP contribution in [0.2, 0.25) is 0 Å². The average molecular weight is 319 g/mol. The summed E-state index contributed by atoms with van der Waals surface area (Å²) in [6, 6.07) is 4.60. The number of nitro groups is 1. The van der Waals surface area contributed by atoms with E-state index in [-0.39, 0.29) is 11.6 Å². The molecule has 1 saturated heterocycles. The minimum absolute atomic E-state index is 0.0761. The van der Waals surface area contributed by atoms with Gasteiger partial charge < -0.3 is 14.5 Å². The summed E-state index contributed by atoms with van der Waals surface area (Å²) in [4.78, 5) is 26.8. The molecule has 23 heavy (non-hydrogen) atoms. The fourth-order valence-corrected chi connectivity index (χ4v) is 2.56. The minimum Gasteiger partial charge on any atom is -0.378 e. The lowest BCUT2D eigenvalue weighted by atomic mass is 10.1. The quantitative estimate of drug-likeness (QED) is 0.472. The van der Waals surface area contributed by atoms with Crippen LogP contribution in [0.3, 0.4) is 0 Å². The van der Waals surface area contributed by atoms with Gasteiger partial charge in [-0.1, -0.05) is 12.2 Å². The molecule has 0 saturated carbocycles. The number of nitrogens with zero attached hydrogens (tertiary/aromatic N) is 3. The summed E-state index contributed by atoms with van der Waals surface area (Å²) < 4.78 is 5.22. The van der Waals surface area contributed by atoms with Gasteiger partial charge in [0.15, 0.2) is 0 Å². The second-order valence-electron chi connectivity index (χ2n) is 5.68. The van der Waals surface area contributed by atoms with Crippen molar-refractivity contribution in [2.24, 2.45) is 0 Å². The fourth-order valence-electron chi connectivity index (χ4n) is 2.56. The van der Waals surface area contributed by atoms with Crippen molar-refractivity contribution in [2.45, 2.75) is 6.92 Å². The molecule has 1 heterocycles. The van der Waals surface area contributed by atoms with Crippen LogP contribution in [0.4, 0.5) is 11.4 Å². The van der Waals surface area contributed by atoms with Gasteiger partial charge in [-0.2, -0.15) is 0 Å². The molecule has 1 fully saturated rings. The molecule has 7 nitrogen and oxygen atoms in total. The maximum Gasteiger partial charge on any atom is 0.293 e. The van der Waals surface area contributed by atoms with Gasteiger partial charge in [0.05, 0.1) is 18.1 Å². The minimum atomic E-state index is -0.458. The van der Waals surface area contributed by atoms with Crippen LogP contribution in [0.1, 0.15) is 17.3 Å². The number of nitro benzene ring substituents is 1. The first-order valence-corrected chi connectivity index (χ1v) is 7.41. The molecular weight excluding hydrogens is 298 g/mol. The lowest BCUT2D eigenvalue weighted by Gasteiger charge is -2.27. The molecule has 0 unspecified atom stereocenters. The Hall–Kier alpha value is -2.41. The third kappa shape index (κ3) is 4.07.